The Morgan fingerprint density at radius 2 is 1.89 bits per heavy atom. The minimum absolute atomic E-state index is 0.00514. The Bertz CT molecular complexity index is 400. The zero-order chi connectivity index (χ0) is 14.5. The quantitative estimate of drug-likeness (QED) is 0.829. The Morgan fingerprint density at radius 3 is 2.42 bits per heavy atom. The van der Waals surface area contributed by atoms with E-state index >= 15 is 0 Å². The minimum atomic E-state index is -1.04. The van der Waals surface area contributed by atoms with Crippen LogP contribution < -0.4 is 5.32 Å². The van der Waals surface area contributed by atoms with E-state index in [0.717, 1.165) is 12.0 Å². The van der Waals surface area contributed by atoms with Crippen LogP contribution in [0.5, 0.6) is 0 Å². The van der Waals surface area contributed by atoms with Gasteiger partial charge in [0.05, 0.1) is 6.54 Å². The highest BCUT2D eigenvalue weighted by Crippen LogP contribution is 2.20. The normalized spacial score (nSPS) is 17.3. The third-order valence-electron chi connectivity index (χ3n) is 3.91. The largest absolute Gasteiger partial charge is 0.384 e. The molecule has 0 fully saturated rings. The van der Waals surface area contributed by atoms with Crippen molar-refractivity contribution in [1.82, 2.24) is 5.32 Å². The summed E-state index contributed by atoms with van der Waals surface area (Å²) < 4.78 is 0. The Hall–Kier alpha value is -1.35. The molecule has 1 amide bonds. The lowest BCUT2D eigenvalue weighted by Gasteiger charge is -2.26. The zero-order valence-corrected chi connectivity index (χ0v) is 12.3. The molecule has 0 saturated carbocycles. The lowest BCUT2D eigenvalue weighted by atomic mass is 9.92. The molecule has 0 heterocycles. The van der Waals surface area contributed by atoms with Crippen LogP contribution in [0.1, 0.15) is 39.7 Å². The van der Waals surface area contributed by atoms with Gasteiger partial charge in [0.2, 0.25) is 5.91 Å². The second-order valence-electron chi connectivity index (χ2n) is 5.53. The van der Waals surface area contributed by atoms with E-state index in [9.17, 15) is 9.90 Å². The van der Waals surface area contributed by atoms with Crippen molar-refractivity contribution in [3.05, 3.63) is 35.9 Å². The van der Waals surface area contributed by atoms with Crippen LogP contribution in [-0.2, 0) is 10.4 Å². The minimum Gasteiger partial charge on any atom is -0.384 e. The molecule has 3 unspecified atom stereocenters. The molecule has 3 nitrogen and oxygen atoms in total. The van der Waals surface area contributed by atoms with E-state index in [0.29, 0.717) is 5.92 Å². The fourth-order valence-corrected chi connectivity index (χ4v) is 1.93. The molecule has 0 aromatic heterocycles. The summed E-state index contributed by atoms with van der Waals surface area (Å²) in [6.45, 7) is 8.03. The molecule has 0 saturated heterocycles. The van der Waals surface area contributed by atoms with Crippen LogP contribution in [0.15, 0.2) is 30.3 Å². The highest BCUT2D eigenvalue weighted by molar-refractivity contribution is 5.78. The number of nitrogens with one attached hydrogen (secondary N) is 1. The van der Waals surface area contributed by atoms with Crippen molar-refractivity contribution < 1.29 is 9.90 Å². The van der Waals surface area contributed by atoms with E-state index in [1.807, 2.05) is 37.3 Å². The predicted octanol–water partition coefficient (Wildman–Crippen LogP) is 2.69. The molecule has 19 heavy (non-hydrogen) atoms. The standard InChI is InChI=1S/C16H25NO2/c1-5-12(2)13(3)15(18)17-11-16(4,19)14-9-7-6-8-10-14/h6-10,12-13,19H,5,11H2,1-4H3,(H,17,18). The number of rotatable bonds is 6. The van der Waals surface area contributed by atoms with E-state index in [1.165, 1.54) is 0 Å². The molecule has 1 aromatic carbocycles. The Labute approximate surface area is 116 Å². The summed E-state index contributed by atoms with van der Waals surface area (Å²) in [4.78, 5) is 12.0. The lowest BCUT2D eigenvalue weighted by molar-refractivity contribution is -0.127. The number of aliphatic hydroxyl groups is 1. The van der Waals surface area contributed by atoms with Gasteiger partial charge < -0.3 is 10.4 Å². The van der Waals surface area contributed by atoms with Crippen LogP contribution in [0.2, 0.25) is 0 Å². The smallest absolute Gasteiger partial charge is 0.223 e. The highest BCUT2D eigenvalue weighted by atomic mass is 16.3. The molecule has 0 radical (unpaired) electrons. The first-order valence-electron chi connectivity index (χ1n) is 6.94. The summed E-state index contributed by atoms with van der Waals surface area (Å²) in [5, 5.41) is 13.2. The molecular formula is C16H25NO2. The molecule has 0 aliphatic rings. The van der Waals surface area contributed by atoms with Gasteiger partial charge in [0.1, 0.15) is 5.60 Å². The summed E-state index contributed by atoms with van der Waals surface area (Å²) in [5.74, 6) is 0.323. The molecule has 1 aromatic rings. The molecule has 0 aliphatic carbocycles. The van der Waals surface area contributed by atoms with Gasteiger partial charge in [-0.05, 0) is 18.4 Å². The van der Waals surface area contributed by atoms with Crippen molar-refractivity contribution in [3.8, 4) is 0 Å². The SMILES string of the molecule is CCC(C)C(C)C(=O)NCC(C)(O)c1ccccc1. The van der Waals surface area contributed by atoms with Crippen LogP contribution in [0.3, 0.4) is 0 Å². The number of carbonyl (C=O) groups excluding carboxylic acids is 1. The van der Waals surface area contributed by atoms with Gasteiger partial charge in [-0.2, -0.15) is 0 Å². The molecule has 0 aliphatic heterocycles. The van der Waals surface area contributed by atoms with Gasteiger partial charge in [-0.3, -0.25) is 4.79 Å². The summed E-state index contributed by atoms with van der Waals surface area (Å²) in [5.41, 5.74) is -0.224. The van der Waals surface area contributed by atoms with Crippen molar-refractivity contribution in [2.24, 2.45) is 11.8 Å². The van der Waals surface area contributed by atoms with Crippen LogP contribution in [0, 0.1) is 11.8 Å². The molecule has 2 N–H and O–H groups in total. The van der Waals surface area contributed by atoms with E-state index in [4.69, 9.17) is 0 Å². The number of benzene rings is 1. The number of carbonyl (C=O) groups is 1. The molecule has 0 spiro atoms. The predicted molar refractivity (Wildman–Crippen MR) is 77.6 cm³/mol. The van der Waals surface area contributed by atoms with Crippen molar-refractivity contribution in [2.75, 3.05) is 6.54 Å². The maximum Gasteiger partial charge on any atom is 0.223 e. The van der Waals surface area contributed by atoms with E-state index in [2.05, 4.69) is 19.2 Å². The summed E-state index contributed by atoms with van der Waals surface area (Å²) in [6, 6.07) is 9.40. The molecule has 1 rings (SSSR count). The van der Waals surface area contributed by atoms with Gasteiger partial charge >= 0.3 is 0 Å². The van der Waals surface area contributed by atoms with Crippen molar-refractivity contribution in [2.45, 2.75) is 39.7 Å². The third kappa shape index (κ3) is 4.35. The monoisotopic (exact) mass is 263 g/mol. The van der Waals surface area contributed by atoms with Gasteiger partial charge in [-0.1, -0.05) is 57.5 Å². The average Bonchev–Trinajstić information content (AvgIpc) is 2.44. The zero-order valence-electron chi connectivity index (χ0n) is 12.3. The molecule has 3 heteroatoms. The second kappa shape index (κ2) is 6.71. The summed E-state index contributed by atoms with van der Waals surface area (Å²) in [7, 11) is 0. The van der Waals surface area contributed by atoms with E-state index in [1.54, 1.807) is 6.92 Å². The molecule has 3 atom stereocenters. The van der Waals surface area contributed by atoms with Crippen LogP contribution >= 0.6 is 0 Å². The third-order valence-corrected chi connectivity index (χ3v) is 3.91. The first kappa shape index (κ1) is 15.7. The fraction of sp³-hybridized carbons (Fsp3) is 0.562. The van der Waals surface area contributed by atoms with Gasteiger partial charge in [0.25, 0.3) is 0 Å². The summed E-state index contributed by atoms with van der Waals surface area (Å²) >= 11 is 0. The van der Waals surface area contributed by atoms with Gasteiger partial charge in [-0.25, -0.2) is 0 Å². The fourth-order valence-electron chi connectivity index (χ4n) is 1.93. The highest BCUT2D eigenvalue weighted by Gasteiger charge is 2.25. The van der Waals surface area contributed by atoms with Gasteiger partial charge in [0, 0.05) is 5.92 Å². The maximum absolute atomic E-state index is 12.0. The molecule has 106 valence electrons. The number of amides is 1. The second-order valence-corrected chi connectivity index (χ2v) is 5.53. The molecular weight excluding hydrogens is 238 g/mol. The number of hydrogen-bond acceptors (Lipinski definition) is 2. The van der Waals surface area contributed by atoms with Crippen molar-refractivity contribution in [1.29, 1.82) is 0 Å². The van der Waals surface area contributed by atoms with Crippen molar-refractivity contribution in [3.63, 3.8) is 0 Å². The lowest BCUT2D eigenvalue weighted by Crippen LogP contribution is -2.41. The van der Waals surface area contributed by atoms with Gasteiger partial charge in [0.15, 0.2) is 0 Å². The van der Waals surface area contributed by atoms with Gasteiger partial charge in [-0.15, -0.1) is 0 Å². The molecule has 0 bridgehead atoms. The topological polar surface area (TPSA) is 49.3 Å². The van der Waals surface area contributed by atoms with Crippen LogP contribution in [-0.4, -0.2) is 17.6 Å². The summed E-state index contributed by atoms with van der Waals surface area (Å²) in [6.07, 6.45) is 0.976. The van der Waals surface area contributed by atoms with E-state index < -0.39 is 5.60 Å². The van der Waals surface area contributed by atoms with Crippen molar-refractivity contribution >= 4 is 5.91 Å². The van der Waals surface area contributed by atoms with Crippen LogP contribution in [0.4, 0.5) is 0 Å². The average molecular weight is 263 g/mol. The number of hydrogen-bond donors (Lipinski definition) is 2. The Kier molecular flexibility index (Phi) is 5.55. The first-order valence-corrected chi connectivity index (χ1v) is 6.94. The maximum atomic E-state index is 12.0. The first-order chi connectivity index (χ1) is 8.88. The Morgan fingerprint density at radius 1 is 1.32 bits per heavy atom. The van der Waals surface area contributed by atoms with Crippen LogP contribution in [0.25, 0.3) is 0 Å². The Balaban J connectivity index is 2.59. The van der Waals surface area contributed by atoms with E-state index in [-0.39, 0.29) is 18.4 Å².